The number of hydrogen-bond donors (Lipinski definition) is 2. The van der Waals surface area contributed by atoms with Crippen LogP contribution in [0.1, 0.15) is 13.8 Å². The molecule has 22 heavy (non-hydrogen) atoms. The third kappa shape index (κ3) is 5.67. The van der Waals surface area contributed by atoms with Crippen molar-refractivity contribution in [2.45, 2.75) is 26.0 Å². The van der Waals surface area contributed by atoms with Gasteiger partial charge in [0, 0.05) is 25.0 Å². The molecule has 1 aromatic carbocycles. The average Bonchev–Trinajstić information content (AvgIpc) is 2.53. The molecule has 2 N–H and O–H groups in total. The van der Waals surface area contributed by atoms with E-state index in [0.717, 1.165) is 0 Å². The first-order valence-corrected chi connectivity index (χ1v) is 7.22. The van der Waals surface area contributed by atoms with Gasteiger partial charge in [0.05, 0.1) is 0 Å². The van der Waals surface area contributed by atoms with Crippen molar-refractivity contribution in [1.29, 1.82) is 0 Å². The molecule has 0 saturated carbocycles. The summed E-state index contributed by atoms with van der Waals surface area (Å²) in [5.41, 5.74) is 0. The molecule has 0 bridgehead atoms. The number of benzene rings is 1. The summed E-state index contributed by atoms with van der Waals surface area (Å²) in [5, 5.41) is 12.9. The molecule has 2 rings (SSSR count). The van der Waals surface area contributed by atoms with Crippen molar-refractivity contribution in [3.63, 3.8) is 0 Å². The molecule has 0 radical (unpaired) electrons. The highest BCUT2D eigenvalue weighted by Gasteiger charge is 2.06. The summed E-state index contributed by atoms with van der Waals surface area (Å²) in [5.74, 6) is 1.30. The number of hydrogen-bond acceptors (Lipinski definition) is 6. The maximum Gasteiger partial charge on any atom is 0.321 e. The van der Waals surface area contributed by atoms with E-state index < -0.39 is 6.10 Å². The van der Waals surface area contributed by atoms with Crippen LogP contribution in [0, 0.1) is 0 Å². The Labute approximate surface area is 130 Å². The minimum atomic E-state index is -0.545. The maximum atomic E-state index is 9.78. The van der Waals surface area contributed by atoms with Crippen LogP contribution in [0.25, 0.3) is 0 Å². The second kappa shape index (κ2) is 8.31. The molecule has 0 amide bonds. The van der Waals surface area contributed by atoms with E-state index in [2.05, 4.69) is 15.3 Å². The number of aliphatic hydroxyl groups is 1. The fourth-order valence-corrected chi connectivity index (χ4v) is 1.67. The van der Waals surface area contributed by atoms with Gasteiger partial charge < -0.3 is 19.9 Å². The monoisotopic (exact) mass is 303 g/mol. The third-order valence-electron chi connectivity index (χ3n) is 2.78. The Kier molecular flexibility index (Phi) is 6.12. The highest BCUT2D eigenvalue weighted by Crippen LogP contribution is 2.21. The van der Waals surface area contributed by atoms with Crippen LogP contribution in [0.3, 0.4) is 0 Å². The van der Waals surface area contributed by atoms with E-state index >= 15 is 0 Å². The minimum Gasteiger partial charge on any atom is -0.491 e. The Bertz CT molecular complexity index is 546. The smallest absolute Gasteiger partial charge is 0.321 e. The lowest BCUT2D eigenvalue weighted by atomic mass is 10.3. The SMILES string of the molecule is CC(C)NCC(O)COc1ccc(Oc2ncccn2)cc1. The largest absolute Gasteiger partial charge is 0.491 e. The van der Waals surface area contributed by atoms with Crippen molar-refractivity contribution in [2.24, 2.45) is 0 Å². The summed E-state index contributed by atoms with van der Waals surface area (Å²) < 4.78 is 11.0. The van der Waals surface area contributed by atoms with Crippen molar-refractivity contribution in [3.8, 4) is 17.5 Å². The zero-order valence-electron chi connectivity index (χ0n) is 12.8. The second-order valence-corrected chi connectivity index (χ2v) is 5.13. The van der Waals surface area contributed by atoms with E-state index in [-0.39, 0.29) is 6.61 Å². The number of aromatic nitrogens is 2. The molecule has 6 nitrogen and oxygen atoms in total. The van der Waals surface area contributed by atoms with Crippen LogP contribution in [0.15, 0.2) is 42.7 Å². The van der Waals surface area contributed by atoms with Crippen LogP contribution >= 0.6 is 0 Å². The summed E-state index contributed by atoms with van der Waals surface area (Å²) in [6.07, 6.45) is 2.69. The van der Waals surface area contributed by atoms with Gasteiger partial charge >= 0.3 is 6.01 Å². The van der Waals surface area contributed by atoms with Gasteiger partial charge in [-0.2, -0.15) is 0 Å². The fraction of sp³-hybridized carbons (Fsp3) is 0.375. The summed E-state index contributed by atoms with van der Waals surface area (Å²) in [6, 6.07) is 9.46. The Morgan fingerprint density at radius 2 is 1.73 bits per heavy atom. The molecule has 118 valence electrons. The molecular formula is C16H21N3O3. The molecule has 0 fully saturated rings. The molecule has 0 spiro atoms. The summed E-state index contributed by atoms with van der Waals surface area (Å²) in [4.78, 5) is 7.97. The number of aliphatic hydroxyl groups excluding tert-OH is 1. The lowest BCUT2D eigenvalue weighted by molar-refractivity contribution is 0.104. The van der Waals surface area contributed by atoms with E-state index in [1.54, 1.807) is 42.7 Å². The van der Waals surface area contributed by atoms with E-state index in [9.17, 15) is 5.11 Å². The molecule has 0 aliphatic carbocycles. The van der Waals surface area contributed by atoms with Crippen LogP contribution in [-0.4, -0.2) is 40.4 Å². The van der Waals surface area contributed by atoms with Crippen LogP contribution in [-0.2, 0) is 0 Å². The molecule has 0 aliphatic rings. The molecule has 0 saturated heterocycles. The van der Waals surface area contributed by atoms with Crippen LogP contribution in [0.2, 0.25) is 0 Å². The molecule has 1 aromatic heterocycles. The number of nitrogens with one attached hydrogen (secondary N) is 1. The van der Waals surface area contributed by atoms with Gasteiger partial charge in [0.25, 0.3) is 0 Å². The van der Waals surface area contributed by atoms with E-state index in [0.29, 0.717) is 30.1 Å². The first-order chi connectivity index (χ1) is 10.6. The highest BCUT2D eigenvalue weighted by molar-refractivity contribution is 5.32. The molecule has 1 unspecified atom stereocenters. The Morgan fingerprint density at radius 1 is 1.09 bits per heavy atom. The number of nitrogens with zero attached hydrogens (tertiary/aromatic N) is 2. The van der Waals surface area contributed by atoms with Crippen molar-refractivity contribution in [3.05, 3.63) is 42.7 Å². The zero-order valence-corrected chi connectivity index (χ0v) is 12.8. The van der Waals surface area contributed by atoms with Crippen molar-refractivity contribution >= 4 is 0 Å². The highest BCUT2D eigenvalue weighted by atomic mass is 16.5. The van der Waals surface area contributed by atoms with Crippen LogP contribution in [0.5, 0.6) is 17.5 Å². The number of ether oxygens (including phenoxy) is 2. The predicted molar refractivity (Wildman–Crippen MR) is 83.2 cm³/mol. The van der Waals surface area contributed by atoms with Gasteiger partial charge in [-0.25, -0.2) is 9.97 Å². The van der Waals surface area contributed by atoms with Gasteiger partial charge in [0.15, 0.2) is 0 Å². The van der Waals surface area contributed by atoms with E-state index in [1.165, 1.54) is 0 Å². The summed E-state index contributed by atoms with van der Waals surface area (Å²) >= 11 is 0. The summed E-state index contributed by atoms with van der Waals surface area (Å²) in [7, 11) is 0. The third-order valence-corrected chi connectivity index (χ3v) is 2.78. The van der Waals surface area contributed by atoms with Crippen LogP contribution < -0.4 is 14.8 Å². The summed E-state index contributed by atoms with van der Waals surface area (Å²) in [6.45, 7) is 4.80. The normalized spacial score (nSPS) is 12.2. The van der Waals surface area contributed by atoms with Gasteiger partial charge in [-0.05, 0) is 30.3 Å². The maximum absolute atomic E-state index is 9.78. The predicted octanol–water partition coefficient (Wildman–Crippen LogP) is 2.01. The lowest BCUT2D eigenvalue weighted by Crippen LogP contribution is -2.35. The topological polar surface area (TPSA) is 76.5 Å². The fourth-order valence-electron chi connectivity index (χ4n) is 1.67. The standard InChI is InChI=1S/C16H21N3O3/c1-12(2)19-10-13(20)11-21-14-4-6-15(7-5-14)22-16-17-8-3-9-18-16/h3-9,12-13,19-20H,10-11H2,1-2H3. The van der Waals surface area contributed by atoms with Crippen molar-refractivity contribution < 1.29 is 14.6 Å². The molecule has 2 aromatic rings. The second-order valence-electron chi connectivity index (χ2n) is 5.13. The lowest BCUT2D eigenvalue weighted by Gasteiger charge is -2.15. The van der Waals surface area contributed by atoms with Gasteiger partial charge in [-0.1, -0.05) is 13.8 Å². The Morgan fingerprint density at radius 3 is 2.36 bits per heavy atom. The Balaban J connectivity index is 1.79. The molecule has 1 atom stereocenters. The first kappa shape index (κ1) is 16.2. The van der Waals surface area contributed by atoms with E-state index in [1.807, 2.05) is 13.8 Å². The van der Waals surface area contributed by atoms with Gasteiger partial charge in [-0.3, -0.25) is 0 Å². The molecule has 1 heterocycles. The van der Waals surface area contributed by atoms with Crippen LogP contribution in [0.4, 0.5) is 0 Å². The Hall–Kier alpha value is -2.18. The van der Waals surface area contributed by atoms with Gasteiger partial charge in [0.1, 0.15) is 24.2 Å². The van der Waals surface area contributed by atoms with E-state index in [4.69, 9.17) is 9.47 Å². The first-order valence-electron chi connectivity index (χ1n) is 7.22. The molecule has 6 heteroatoms. The molecular weight excluding hydrogens is 282 g/mol. The minimum absolute atomic E-state index is 0.238. The van der Waals surface area contributed by atoms with Crippen molar-refractivity contribution in [1.82, 2.24) is 15.3 Å². The zero-order chi connectivity index (χ0) is 15.8. The molecule has 0 aliphatic heterocycles. The average molecular weight is 303 g/mol. The van der Waals surface area contributed by atoms with Gasteiger partial charge in [-0.15, -0.1) is 0 Å². The van der Waals surface area contributed by atoms with Gasteiger partial charge in [0.2, 0.25) is 0 Å². The quantitative estimate of drug-likeness (QED) is 0.777. The van der Waals surface area contributed by atoms with Crippen molar-refractivity contribution in [2.75, 3.05) is 13.2 Å². The number of rotatable bonds is 8.